The lowest BCUT2D eigenvalue weighted by Gasteiger charge is -2.10. The maximum atomic E-state index is 2.33. The van der Waals surface area contributed by atoms with Crippen LogP contribution in [0.25, 0.3) is 0 Å². The van der Waals surface area contributed by atoms with E-state index in [0.29, 0.717) is 0 Å². The number of hydrogen-bond acceptors (Lipinski definition) is 1. The molecule has 0 radical (unpaired) electrons. The van der Waals surface area contributed by atoms with Crippen LogP contribution in [0.2, 0.25) is 0 Å². The van der Waals surface area contributed by atoms with Gasteiger partial charge in [-0.3, -0.25) is 0 Å². The van der Waals surface area contributed by atoms with Crippen molar-refractivity contribution >= 4 is 5.71 Å². The van der Waals surface area contributed by atoms with Gasteiger partial charge in [0.15, 0.2) is 5.71 Å². The van der Waals surface area contributed by atoms with E-state index in [1.165, 1.54) is 50.2 Å². The summed E-state index contributed by atoms with van der Waals surface area (Å²) >= 11 is 0. The quantitative estimate of drug-likeness (QED) is 0.554. The molecule has 0 aromatic heterocycles. The molecule has 0 aromatic carbocycles. The second-order valence-corrected chi connectivity index (χ2v) is 5.33. The van der Waals surface area contributed by atoms with Gasteiger partial charge < -0.3 is 4.90 Å². The van der Waals surface area contributed by atoms with E-state index in [4.69, 9.17) is 0 Å². The van der Waals surface area contributed by atoms with Gasteiger partial charge in [-0.1, -0.05) is 30.4 Å². The monoisotopic (exact) mass is 257 g/mol. The summed E-state index contributed by atoms with van der Waals surface area (Å²) in [6.07, 6.45) is 20.0. The van der Waals surface area contributed by atoms with Crippen LogP contribution in [0.15, 0.2) is 48.2 Å². The highest BCUT2D eigenvalue weighted by atomic mass is 15.1. The Morgan fingerprint density at radius 1 is 1.00 bits per heavy atom. The molecule has 102 valence electrons. The maximum absolute atomic E-state index is 2.33. The summed E-state index contributed by atoms with van der Waals surface area (Å²) < 4.78 is 2.33. The molecule has 2 aliphatic heterocycles. The van der Waals surface area contributed by atoms with Crippen molar-refractivity contribution in [3.63, 3.8) is 0 Å². The number of nitrogens with zero attached hydrogens (tertiary/aromatic N) is 2. The Morgan fingerprint density at radius 3 is 2.47 bits per heavy atom. The predicted octanol–water partition coefficient (Wildman–Crippen LogP) is 3.14. The minimum atomic E-state index is 1.20. The molecule has 2 aliphatic rings. The standard InChI is InChI=1S/C17H25N2/c1-18-14-8-12-16(18)10-6-4-3-5-7-11-17-13-9-15-19(17)2/h3-7,10-11H,8-9,12-15H2,1-2H3/q+1. The van der Waals surface area contributed by atoms with E-state index in [1.807, 2.05) is 0 Å². The largest absolute Gasteiger partial charge is 0.378 e. The van der Waals surface area contributed by atoms with Gasteiger partial charge in [0.1, 0.15) is 13.6 Å². The molecule has 0 bridgehead atoms. The van der Waals surface area contributed by atoms with Crippen molar-refractivity contribution in [2.75, 3.05) is 27.2 Å². The van der Waals surface area contributed by atoms with Crippen molar-refractivity contribution < 1.29 is 4.58 Å². The van der Waals surface area contributed by atoms with Crippen LogP contribution in [-0.2, 0) is 0 Å². The molecule has 0 atom stereocenters. The third-order valence-corrected chi connectivity index (χ3v) is 3.86. The van der Waals surface area contributed by atoms with E-state index in [-0.39, 0.29) is 0 Å². The molecule has 1 saturated heterocycles. The average molecular weight is 257 g/mol. The Bertz CT molecular complexity index is 450. The molecule has 0 spiro atoms. The van der Waals surface area contributed by atoms with E-state index >= 15 is 0 Å². The molecule has 2 heteroatoms. The van der Waals surface area contributed by atoms with Crippen molar-refractivity contribution in [2.24, 2.45) is 0 Å². The van der Waals surface area contributed by atoms with Gasteiger partial charge in [-0.15, -0.1) is 0 Å². The summed E-state index contributed by atoms with van der Waals surface area (Å²) in [6.45, 7) is 2.40. The summed E-state index contributed by atoms with van der Waals surface area (Å²) in [5, 5.41) is 0. The number of likely N-dealkylation sites (tertiary alicyclic amines) is 1. The molecule has 0 aromatic rings. The minimum Gasteiger partial charge on any atom is -0.378 e. The maximum Gasteiger partial charge on any atom is 0.176 e. The summed E-state index contributed by atoms with van der Waals surface area (Å²) in [4.78, 5) is 2.33. The van der Waals surface area contributed by atoms with Gasteiger partial charge in [0, 0.05) is 38.2 Å². The fourth-order valence-corrected chi connectivity index (χ4v) is 2.61. The zero-order chi connectivity index (χ0) is 13.5. The van der Waals surface area contributed by atoms with Crippen LogP contribution < -0.4 is 0 Å². The third-order valence-electron chi connectivity index (χ3n) is 3.86. The number of rotatable bonds is 4. The highest BCUT2D eigenvalue weighted by molar-refractivity contribution is 5.91. The molecule has 0 aliphatic carbocycles. The zero-order valence-corrected chi connectivity index (χ0v) is 12.2. The van der Waals surface area contributed by atoms with Gasteiger partial charge in [0.25, 0.3) is 0 Å². The highest BCUT2D eigenvalue weighted by Gasteiger charge is 2.14. The first-order chi connectivity index (χ1) is 9.27. The Morgan fingerprint density at radius 2 is 1.79 bits per heavy atom. The van der Waals surface area contributed by atoms with Crippen molar-refractivity contribution in [3.8, 4) is 0 Å². The molecule has 0 amide bonds. The summed E-state index contributed by atoms with van der Waals surface area (Å²) in [5.74, 6) is 0. The summed E-state index contributed by atoms with van der Waals surface area (Å²) in [7, 11) is 4.33. The fraction of sp³-hybridized carbons (Fsp3) is 0.471. The van der Waals surface area contributed by atoms with Crippen LogP contribution in [0.5, 0.6) is 0 Å². The smallest absolute Gasteiger partial charge is 0.176 e. The lowest BCUT2D eigenvalue weighted by Crippen LogP contribution is -2.09. The van der Waals surface area contributed by atoms with Gasteiger partial charge in [-0.25, -0.2) is 4.58 Å². The van der Waals surface area contributed by atoms with E-state index in [1.54, 1.807) is 0 Å². The Balaban J connectivity index is 1.77. The second kappa shape index (κ2) is 7.13. The van der Waals surface area contributed by atoms with Crippen molar-refractivity contribution in [2.45, 2.75) is 25.7 Å². The Labute approximate surface area is 117 Å². The summed E-state index contributed by atoms with van der Waals surface area (Å²) in [5.41, 5.74) is 2.90. The second-order valence-electron chi connectivity index (χ2n) is 5.33. The SMILES string of the molecule is CN1CCC\C1=C/C=C/C=C\C=C\C1=[N+](C)CCC1. The first kappa shape index (κ1) is 13.9. The van der Waals surface area contributed by atoms with Gasteiger partial charge in [-0.05, 0) is 18.9 Å². The molecule has 0 unspecified atom stereocenters. The molecule has 2 rings (SSSR count). The topological polar surface area (TPSA) is 6.25 Å². The van der Waals surface area contributed by atoms with Crippen LogP contribution >= 0.6 is 0 Å². The molecule has 1 fully saturated rings. The van der Waals surface area contributed by atoms with Crippen LogP contribution in [0.1, 0.15) is 25.7 Å². The van der Waals surface area contributed by atoms with Crippen LogP contribution in [0, 0.1) is 0 Å². The van der Waals surface area contributed by atoms with Crippen molar-refractivity contribution in [1.29, 1.82) is 0 Å². The van der Waals surface area contributed by atoms with Gasteiger partial charge >= 0.3 is 0 Å². The molecule has 2 heterocycles. The van der Waals surface area contributed by atoms with E-state index in [0.717, 1.165) is 0 Å². The number of hydrogen-bond donors (Lipinski definition) is 0. The Hall–Kier alpha value is -1.57. The van der Waals surface area contributed by atoms with Gasteiger partial charge in [0.05, 0.1) is 0 Å². The summed E-state index contributed by atoms with van der Waals surface area (Å²) in [6, 6.07) is 0. The first-order valence-electron chi connectivity index (χ1n) is 7.26. The zero-order valence-electron chi connectivity index (χ0n) is 12.2. The number of allylic oxidation sites excluding steroid dienone is 8. The molecule has 2 nitrogen and oxygen atoms in total. The van der Waals surface area contributed by atoms with Crippen molar-refractivity contribution in [1.82, 2.24) is 4.90 Å². The predicted molar refractivity (Wildman–Crippen MR) is 82.7 cm³/mol. The van der Waals surface area contributed by atoms with Crippen LogP contribution in [-0.4, -0.2) is 42.4 Å². The van der Waals surface area contributed by atoms with Gasteiger partial charge in [-0.2, -0.15) is 0 Å². The van der Waals surface area contributed by atoms with E-state index < -0.39 is 0 Å². The average Bonchev–Trinajstić information content (AvgIpc) is 2.98. The minimum absolute atomic E-state index is 1.20. The highest BCUT2D eigenvalue weighted by Crippen LogP contribution is 2.18. The van der Waals surface area contributed by atoms with Crippen LogP contribution in [0.3, 0.4) is 0 Å². The molecular weight excluding hydrogens is 232 g/mol. The lowest BCUT2D eigenvalue weighted by atomic mass is 10.2. The molecule has 19 heavy (non-hydrogen) atoms. The fourth-order valence-electron chi connectivity index (χ4n) is 2.61. The van der Waals surface area contributed by atoms with E-state index in [9.17, 15) is 0 Å². The Kier molecular flexibility index (Phi) is 5.20. The molecule has 0 N–H and O–H groups in total. The van der Waals surface area contributed by atoms with Gasteiger partial charge in [0.2, 0.25) is 0 Å². The first-order valence-corrected chi connectivity index (χ1v) is 7.26. The normalized spacial score (nSPS) is 23.3. The third kappa shape index (κ3) is 4.23. The molecular formula is C17H25N2+. The van der Waals surface area contributed by atoms with E-state index in [2.05, 4.69) is 66.1 Å². The van der Waals surface area contributed by atoms with Crippen molar-refractivity contribution in [3.05, 3.63) is 48.2 Å². The molecule has 0 saturated carbocycles. The lowest BCUT2D eigenvalue weighted by molar-refractivity contribution is -0.487. The van der Waals surface area contributed by atoms with Crippen LogP contribution in [0.4, 0.5) is 0 Å².